The molecule has 0 radical (unpaired) electrons. The lowest BCUT2D eigenvalue weighted by atomic mass is 10.1. The number of hydrogen-bond donors (Lipinski definition) is 0. The zero-order valence-electron chi connectivity index (χ0n) is 22.1. The topological polar surface area (TPSA) is 25.3 Å². The van der Waals surface area contributed by atoms with Crippen LogP contribution in [-0.4, -0.2) is 74.2 Å². The fourth-order valence-corrected chi connectivity index (χ4v) is 8.52. The molecule has 5 rings (SSSR count). The van der Waals surface area contributed by atoms with Gasteiger partial charge in [0.25, 0.3) is 0 Å². The van der Waals surface area contributed by atoms with Crippen molar-refractivity contribution in [3.05, 3.63) is 45.3 Å². The Bertz CT molecular complexity index is 1220. The Hall–Kier alpha value is -1.41. The van der Waals surface area contributed by atoms with Gasteiger partial charge in [-0.3, -0.25) is 9.80 Å². The molecule has 2 fully saturated rings. The lowest BCUT2D eigenvalue weighted by Crippen LogP contribution is -2.49. The summed E-state index contributed by atoms with van der Waals surface area (Å²) in [6.45, 7) is 22.5. The molecule has 0 N–H and O–H groups in total. The van der Waals surface area contributed by atoms with Gasteiger partial charge in [-0.2, -0.15) is 0 Å². The molecule has 0 amide bonds. The van der Waals surface area contributed by atoms with E-state index < -0.39 is 0 Å². The van der Waals surface area contributed by atoms with E-state index in [1.165, 1.54) is 31.9 Å². The summed E-state index contributed by atoms with van der Waals surface area (Å²) in [7, 11) is -0.174. The highest BCUT2D eigenvalue weighted by atomic mass is 79.9. The van der Waals surface area contributed by atoms with Crippen LogP contribution in [-0.2, 0) is 0 Å². The zero-order chi connectivity index (χ0) is 24.9. The number of rotatable bonds is 4. The Labute approximate surface area is 220 Å². The van der Waals surface area contributed by atoms with Crippen LogP contribution in [0.5, 0.6) is 0 Å². The van der Waals surface area contributed by atoms with Crippen LogP contribution in [0.15, 0.2) is 34.2 Å². The van der Waals surface area contributed by atoms with Crippen molar-refractivity contribution in [1.29, 1.82) is 0 Å². The summed E-state index contributed by atoms with van der Waals surface area (Å²) in [4.78, 5) is 16.8. The molecule has 1 unspecified atom stereocenters. The van der Waals surface area contributed by atoms with Gasteiger partial charge in [0.15, 0.2) is 0 Å². The van der Waals surface area contributed by atoms with E-state index in [2.05, 4.69) is 100 Å². The summed E-state index contributed by atoms with van der Waals surface area (Å²) in [5.74, 6) is 0. The molecule has 0 aliphatic carbocycles. The van der Waals surface area contributed by atoms with Crippen molar-refractivity contribution in [1.82, 2.24) is 9.80 Å². The Morgan fingerprint density at radius 2 is 1.20 bits per heavy atom. The molecule has 3 aliphatic heterocycles. The maximum Gasteiger partial charge on any atom is 0.0807 e. The molecule has 2 aromatic carbocycles. The Kier molecular flexibility index (Phi) is 7.33. The maximum absolute atomic E-state index is 5.22. The van der Waals surface area contributed by atoms with E-state index in [-0.39, 0.29) is 8.92 Å². The fourth-order valence-electron chi connectivity index (χ4n) is 5.61. The van der Waals surface area contributed by atoms with E-state index in [1.54, 1.807) is 0 Å². The first-order chi connectivity index (χ1) is 16.7. The Balaban J connectivity index is 1.48. The third-order valence-corrected chi connectivity index (χ3v) is 11.4. The molecule has 0 bridgehead atoms. The third kappa shape index (κ3) is 4.94. The fraction of sp³-hybridized carbons (Fsp3) is 0.571. The van der Waals surface area contributed by atoms with Crippen molar-refractivity contribution >= 4 is 40.8 Å². The summed E-state index contributed by atoms with van der Waals surface area (Å²) >= 11 is 4.14. The highest BCUT2D eigenvalue weighted by Crippen LogP contribution is 2.47. The smallest absolute Gasteiger partial charge is 0.0807 e. The first kappa shape index (κ1) is 25.2. The summed E-state index contributed by atoms with van der Waals surface area (Å²) in [6, 6.07) is 10.7. The lowest BCUT2D eigenvalue weighted by molar-refractivity contribution is 0.209. The quantitative estimate of drug-likeness (QED) is 0.462. The van der Waals surface area contributed by atoms with Gasteiger partial charge >= 0.3 is 0 Å². The molecule has 1 atom stereocenters. The highest BCUT2D eigenvalue weighted by molar-refractivity contribution is 9.52. The first-order valence-corrected chi connectivity index (χ1v) is 16.2. The number of benzene rings is 2. The SMILES string of the molecule is Cc1cc(N2CCN(C(C)C)CC2)cc2c1N=c1c(C)cc(N3CCN(C(C)C)CC3)cc1=S2Br. The minimum atomic E-state index is -0.174. The van der Waals surface area contributed by atoms with Gasteiger partial charge in [0, 0.05) is 85.2 Å². The number of piperazine rings is 2. The van der Waals surface area contributed by atoms with Gasteiger partial charge in [-0.1, -0.05) is 8.92 Å². The number of hydrogen-bond acceptors (Lipinski definition) is 5. The predicted molar refractivity (Wildman–Crippen MR) is 155 cm³/mol. The van der Waals surface area contributed by atoms with Crippen molar-refractivity contribution in [2.45, 2.75) is 58.5 Å². The molecule has 0 saturated carbocycles. The highest BCUT2D eigenvalue weighted by Gasteiger charge is 2.24. The summed E-state index contributed by atoms with van der Waals surface area (Å²) in [6.07, 6.45) is 0. The Morgan fingerprint density at radius 3 is 1.71 bits per heavy atom. The third-order valence-electron chi connectivity index (χ3n) is 7.93. The number of anilines is 2. The zero-order valence-corrected chi connectivity index (χ0v) is 24.5. The van der Waals surface area contributed by atoms with E-state index >= 15 is 0 Å². The van der Waals surface area contributed by atoms with Gasteiger partial charge in [-0.05, 0) is 91.7 Å². The predicted octanol–water partition coefficient (Wildman–Crippen LogP) is 5.52. The molecule has 7 heteroatoms. The van der Waals surface area contributed by atoms with Gasteiger partial charge < -0.3 is 9.80 Å². The van der Waals surface area contributed by atoms with Gasteiger partial charge in [-0.25, -0.2) is 4.99 Å². The van der Waals surface area contributed by atoms with Crippen LogP contribution in [0.4, 0.5) is 17.1 Å². The van der Waals surface area contributed by atoms with Crippen molar-refractivity contribution in [3.63, 3.8) is 0 Å². The van der Waals surface area contributed by atoms with E-state index in [4.69, 9.17) is 4.99 Å². The molecule has 2 aromatic rings. The molecule has 0 spiro atoms. The number of nitrogens with zero attached hydrogens (tertiary/aromatic N) is 5. The molecule has 190 valence electrons. The monoisotopic (exact) mass is 557 g/mol. The number of aryl methyl sites for hydroxylation is 2. The minimum Gasteiger partial charge on any atom is -0.369 e. The average Bonchev–Trinajstić information content (AvgIpc) is 2.85. The largest absolute Gasteiger partial charge is 0.369 e. The average molecular weight is 559 g/mol. The molecular formula is C28H40BrN5S. The maximum atomic E-state index is 5.22. The van der Waals surface area contributed by atoms with Crippen LogP contribution >= 0.6 is 23.7 Å². The summed E-state index contributed by atoms with van der Waals surface area (Å²) < 4.78 is 1.33. The molecule has 2 saturated heterocycles. The van der Waals surface area contributed by atoms with Crippen LogP contribution in [0.1, 0.15) is 38.8 Å². The van der Waals surface area contributed by atoms with Crippen LogP contribution < -0.4 is 15.2 Å². The van der Waals surface area contributed by atoms with Crippen molar-refractivity contribution in [2.75, 3.05) is 62.2 Å². The van der Waals surface area contributed by atoms with E-state index in [0.717, 1.165) is 63.4 Å². The first-order valence-electron chi connectivity index (χ1n) is 13.1. The minimum absolute atomic E-state index is 0.174. The molecule has 5 nitrogen and oxygen atoms in total. The van der Waals surface area contributed by atoms with E-state index in [0.29, 0.717) is 12.1 Å². The standard InChI is InChI=1S/C28H40BrN5S/c1-19(2)31-7-11-33(12-8-31)23-15-21(5)27-25(17-23)35(29)26-18-24(16-22(6)28(26)30-27)34-13-9-32(10-14-34)20(3)4/h15-20H,7-14H2,1-6H3. The van der Waals surface area contributed by atoms with Crippen LogP contribution in [0.2, 0.25) is 0 Å². The van der Waals surface area contributed by atoms with Crippen molar-refractivity contribution in [3.8, 4) is 0 Å². The van der Waals surface area contributed by atoms with E-state index in [1.807, 2.05) is 0 Å². The van der Waals surface area contributed by atoms with Crippen molar-refractivity contribution < 1.29 is 0 Å². The number of halogens is 1. The lowest BCUT2D eigenvalue weighted by Gasteiger charge is -2.38. The molecule has 35 heavy (non-hydrogen) atoms. The van der Waals surface area contributed by atoms with E-state index in [9.17, 15) is 0 Å². The van der Waals surface area contributed by atoms with Gasteiger partial charge in [0.1, 0.15) is 0 Å². The second-order valence-electron chi connectivity index (χ2n) is 10.8. The summed E-state index contributed by atoms with van der Waals surface area (Å²) in [5, 5.41) is 1.16. The molecular weight excluding hydrogens is 518 g/mol. The molecule has 3 aliphatic rings. The second-order valence-corrected chi connectivity index (χ2v) is 14.2. The normalized spacial score (nSPS) is 21.3. The van der Waals surface area contributed by atoms with Gasteiger partial charge in [-0.15, -0.1) is 0 Å². The Morgan fingerprint density at radius 1 is 0.714 bits per heavy atom. The van der Waals surface area contributed by atoms with Crippen LogP contribution in [0.25, 0.3) is 0 Å². The van der Waals surface area contributed by atoms with Crippen LogP contribution in [0.3, 0.4) is 0 Å². The summed E-state index contributed by atoms with van der Waals surface area (Å²) in [5.41, 5.74) is 6.40. The second kappa shape index (κ2) is 10.2. The van der Waals surface area contributed by atoms with Gasteiger partial charge in [0.05, 0.1) is 11.0 Å². The molecule has 0 aromatic heterocycles. The van der Waals surface area contributed by atoms with Crippen LogP contribution in [0, 0.1) is 18.4 Å². The molecule has 3 heterocycles. The number of fused-ring (bicyclic) bond motifs is 2. The van der Waals surface area contributed by atoms with Gasteiger partial charge in [0.2, 0.25) is 0 Å². The van der Waals surface area contributed by atoms with Crippen molar-refractivity contribution in [2.24, 2.45) is 4.99 Å².